The quantitative estimate of drug-likeness (QED) is 0.734. The van der Waals surface area contributed by atoms with Crippen LogP contribution in [0.25, 0.3) is 0 Å². The lowest BCUT2D eigenvalue weighted by Crippen LogP contribution is -2.52. The van der Waals surface area contributed by atoms with Gasteiger partial charge >= 0.3 is 0 Å². The Morgan fingerprint density at radius 1 is 1.30 bits per heavy atom. The van der Waals surface area contributed by atoms with Gasteiger partial charge in [0.15, 0.2) is 5.41 Å². The van der Waals surface area contributed by atoms with Crippen LogP contribution >= 0.6 is 15.9 Å². The number of likely N-dealkylation sites (N-methyl/N-ethyl adjacent to an activating group) is 1. The molecule has 136 valence electrons. The van der Waals surface area contributed by atoms with Crippen molar-refractivity contribution in [3.63, 3.8) is 0 Å². The van der Waals surface area contributed by atoms with Gasteiger partial charge in [-0.1, -0.05) is 12.1 Å². The van der Waals surface area contributed by atoms with E-state index < -0.39 is 17.3 Å². The second-order valence-electron chi connectivity index (χ2n) is 6.91. The molecule has 1 heterocycles. The predicted octanol–water partition coefficient (Wildman–Crippen LogP) is 3.24. The van der Waals surface area contributed by atoms with E-state index >= 15 is 0 Å². The van der Waals surface area contributed by atoms with Gasteiger partial charge in [0.05, 0.1) is 35.5 Å². The summed E-state index contributed by atoms with van der Waals surface area (Å²) >= 11 is 3.47. The third-order valence-electron chi connectivity index (χ3n) is 5.51. The van der Waals surface area contributed by atoms with E-state index in [1.54, 1.807) is 13.2 Å². The number of methoxy groups -OCH3 is 1. The minimum atomic E-state index is -1.69. The maximum Gasteiger partial charge on any atom is 0.189 e. The first-order chi connectivity index (χ1) is 12.9. The molecule has 1 aliphatic heterocycles. The van der Waals surface area contributed by atoms with Crippen molar-refractivity contribution in [3.05, 3.63) is 39.9 Å². The van der Waals surface area contributed by atoms with E-state index in [0.29, 0.717) is 18.8 Å². The Kier molecular flexibility index (Phi) is 5.07. The largest absolute Gasteiger partial charge is 0.496 e. The fourth-order valence-corrected chi connectivity index (χ4v) is 4.76. The fourth-order valence-electron chi connectivity index (χ4n) is 4.20. The van der Waals surface area contributed by atoms with Crippen LogP contribution in [0, 0.1) is 56.7 Å². The number of benzene rings is 1. The Morgan fingerprint density at radius 2 is 2.00 bits per heavy atom. The number of hydrogen-bond acceptors (Lipinski definition) is 6. The minimum Gasteiger partial charge on any atom is -0.496 e. The van der Waals surface area contributed by atoms with Gasteiger partial charge in [-0.2, -0.15) is 15.8 Å². The maximum absolute atomic E-state index is 9.99. The molecule has 1 N–H and O–H groups in total. The summed E-state index contributed by atoms with van der Waals surface area (Å²) in [7, 11) is 3.54. The van der Waals surface area contributed by atoms with Gasteiger partial charge in [-0.15, -0.1) is 0 Å². The molecular weight excluding hydrogens is 406 g/mol. The van der Waals surface area contributed by atoms with Crippen molar-refractivity contribution in [1.82, 2.24) is 4.90 Å². The molecule has 0 amide bonds. The highest BCUT2D eigenvalue weighted by Gasteiger charge is 2.57. The van der Waals surface area contributed by atoms with Gasteiger partial charge in [-0.25, -0.2) is 0 Å². The van der Waals surface area contributed by atoms with E-state index in [1.165, 1.54) is 0 Å². The zero-order valence-electron chi connectivity index (χ0n) is 15.0. The second-order valence-corrected chi connectivity index (χ2v) is 7.77. The lowest BCUT2D eigenvalue weighted by Gasteiger charge is -2.47. The normalized spacial score (nSPS) is 26.7. The van der Waals surface area contributed by atoms with Gasteiger partial charge in [0, 0.05) is 24.9 Å². The van der Waals surface area contributed by atoms with Gasteiger partial charge in [0.1, 0.15) is 11.7 Å². The molecule has 3 atom stereocenters. The minimum absolute atomic E-state index is 0.126. The summed E-state index contributed by atoms with van der Waals surface area (Å²) in [6, 6.07) is 11.8. The van der Waals surface area contributed by atoms with E-state index in [-0.39, 0.29) is 11.6 Å². The number of nitriles is 3. The van der Waals surface area contributed by atoms with E-state index in [1.807, 2.05) is 25.3 Å². The number of nitrogens with zero attached hydrogens (tertiary/aromatic N) is 4. The van der Waals surface area contributed by atoms with E-state index in [0.717, 1.165) is 15.6 Å². The van der Waals surface area contributed by atoms with Crippen LogP contribution in [0.4, 0.5) is 0 Å². The third-order valence-corrected chi connectivity index (χ3v) is 6.13. The molecule has 2 aliphatic rings. The molecule has 7 heteroatoms. The third kappa shape index (κ3) is 2.82. The van der Waals surface area contributed by atoms with Crippen molar-refractivity contribution < 1.29 is 4.74 Å². The first kappa shape index (κ1) is 19.1. The first-order valence-electron chi connectivity index (χ1n) is 8.46. The first-order valence-corrected chi connectivity index (χ1v) is 9.25. The van der Waals surface area contributed by atoms with Gasteiger partial charge in [0.2, 0.25) is 0 Å². The molecule has 0 spiro atoms. The van der Waals surface area contributed by atoms with Crippen LogP contribution in [0.3, 0.4) is 0 Å². The highest BCUT2D eigenvalue weighted by molar-refractivity contribution is 9.10. The highest BCUT2D eigenvalue weighted by Crippen LogP contribution is 2.53. The molecule has 27 heavy (non-hydrogen) atoms. The van der Waals surface area contributed by atoms with Crippen LogP contribution in [0.1, 0.15) is 11.5 Å². The summed E-state index contributed by atoms with van der Waals surface area (Å²) in [5.74, 6) is -0.917. The number of ether oxygens (including phenoxy) is 1. The van der Waals surface area contributed by atoms with Crippen molar-refractivity contribution >= 4 is 21.6 Å². The Hall–Kier alpha value is -2.66. The molecule has 6 nitrogen and oxygen atoms in total. The number of fused-ring (bicyclic) bond motifs is 1. The Balaban J connectivity index is 2.26. The highest BCUT2D eigenvalue weighted by atomic mass is 79.9. The summed E-state index contributed by atoms with van der Waals surface area (Å²) in [6.07, 6.45) is 1.97. The van der Waals surface area contributed by atoms with Gasteiger partial charge in [0.25, 0.3) is 0 Å². The molecular formula is C20H18BrN5O. The van der Waals surface area contributed by atoms with Crippen molar-refractivity contribution in [2.24, 2.45) is 17.3 Å². The Bertz CT molecular complexity index is 935. The average Bonchev–Trinajstić information content (AvgIpc) is 2.67. The van der Waals surface area contributed by atoms with E-state index in [4.69, 9.17) is 10.1 Å². The van der Waals surface area contributed by atoms with Crippen molar-refractivity contribution in [1.29, 1.82) is 21.2 Å². The summed E-state index contributed by atoms with van der Waals surface area (Å²) in [6.45, 7) is 1.30. The SMILES string of the molecule is COc1ccc([C@@H]2[C@H]3CN(C)CC=C3C(C#N)C(=N)C2(C#N)C#N)cc1Br. The van der Waals surface area contributed by atoms with Crippen LogP contribution in [0.5, 0.6) is 5.75 Å². The summed E-state index contributed by atoms with van der Waals surface area (Å²) in [5.41, 5.74) is -0.190. The summed E-state index contributed by atoms with van der Waals surface area (Å²) < 4.78 is 6.01. The molecule has 1 aromatic rings. The summed E-state index contributed by atoms with van der Waals surface area (Å²) in [4.78, 5) is 2.10. The monoisotopic (exact) mass is 423 g/mol. The summed E-state index contributed by atoms with van der Waals surface area (Å²) in [5, 5.41) is 38.2. The predicted molar refractivity (Wildman–Crippen MR) is 103 cm³/mol. The van der Waals surface area contributed by atoms with Crippen LogP contribution in [0.2, 0.25) is 0 Å². The van der Waals surface area contributed by atoms with E-state index in [9.17, 15) is 15.8 Å². The molecule has 0 aromatic heterocycles. The van der Waals surface area contributed by atoms with Crippen molar-refractivity contribution in [2.75, 3.05) is 27.2 Å². The molecule has 0 radical (unpaired) electrons. The topological polar surface area (TPSA) is 108 Å². The lowest BCUT2D eigenvalue weighted by atomic mass is 9.54. The molecule has 0 bridgehead atoms. The molecule has 1 fully saturated rings. The maximum atomic E-state index is 9.99. The van der Waals surface area contributed by atoms with Crippen molar-refractivity contribution in [2.45, 2.75) is 5.92 Å². The fraction of sp³-hybridized carbons (Fsp3) is 0.400. The molecule has 0 saturated heterocycles. The molecule has 1 saturated carbocycles. The molecule has 1 aliphatic carbocycles. The van der Waals surface area contributed by atoms with Gasteiger partial charge in [-0.3, -0.25) is 0 Å². The van der Waals surface area contributed by atoms with Gasteiger partial charge < -0.3 is 15.0 Å². The zero-order chi connectivity index (χ0) is 19.8. The number of rotatable bonds is 2. The van der Waals surface area contributed by atoms with Crippen LogP contribution < -0.4 is 4.74 Å². The Labute approximate surface area is 166 Å². The standard InChI is InChI=1S/C20H18BrN5O/c1-26-6-5-13-14(8-22)19(25)20(10-23,11-24)18(15(13)9-26)12-3-4-17(27-2)16(21)7-12/h3-5,7,14-15,18,25H,6,9H2,1-2H3/t14?,15-,18+/m0/s1. The van der Waals surface area contributed by atoms with Crippen LogP contribution in [0.15, 0.2) is 34.3 Å². The number of hydrogen-bond donors (Lipinski definition) is 1. The van der Waals surface area contributed by atoms with Crippen LogP contribution in [-0.4, -0.2) is 37.9 Å². The molecule has 1 aromatic carbocycles. The van der Waals surface area contributed by atoms with E-state index in [2.05, 4.69) is 39.0 Å². The molecule has 1 unspecified atom stereocenters. The lowest BCUT2D eigenvalue weighted by molar-refractivity contribution is 0.235. The van der Waals surface area contributed by atoms with Crippen LogP contribution in [-0.2, 0) is 0 Å². The number of halogens is 1. The second kappa shape index (κ2) is 7.16. The Morgan fingerprint density at radius 3 is 2.56 bits per heavy atom. The average molecular weight is 424 g/mol. The zero-order valence-corrected chi connectivity index (χ0v) is 16.6. The van der Waals surface area contributed by atoms with Gasteiger partial charge in [-0.05, 0) is 46.2 Å². The van der Waals surface area contributed by atoms with Crippen molar-refractivity contribution in [3.8, 4) is 24.0 Å². The number of nitrogens with one attached hydrogen (secondary N) is 1. The molecule has 3 rings (SSSR count). The smallest absolute Gasteiger partial charge is 0.189 e.